The van der Waals surface area contributed by atoms with Crippen LogP contribution in [-0.2, 0) is 19.7 Å². The number of hydrogen-bond donors (Lipinski definition) is 1. The van der Waals surface area contributed by atoms with Gasteiger partial charge in [-0.3, -0.25) is 4.79 Å². The number of amides is 1. The number of imidazole rings is 1. The number of ether oxygens (including phenoxy) is 3. The van der Waals surface area contributed by atoms with Gasteiger partial charge in [-0.05, 0) is 33.6 Å². The first-order chi connectivity index (χ1) is 15.5. The maximum Gasteiger partial charge on any atom is 0.410 e. The van der Waals surface area contributed by atoms with E-state index >= 15 is 0 Å². The zero-order chi connectivity index (χ0) is 24.4. The normalized spacial score (nSPS) is 15.9. The maximum atomic E-state index is 14.3. The second-order valence-corrected chi connectivity index (χ2v) is 8.79. The zero-order valence-corrected chi connectivity index (χ0v) is 18.9. The highest BCUT2D eigenvalue weighted by Gasteiger charge is 2.47. The van der Waals surface area contributed by atoms with Crippen LogP contribution in [0, 0.1) is 11.6 Å². The van der Waals surface area contributed by atoms with E-state index in [-0.39, 0.29) is 49.9 Å². The van der Waals surface area contributed by atoms with E-state index in [2.05, 4.69) is 4.98 Å². The summed E-state index contributed by atoms with van der Waals surface area (Å²) >= 11 is 0. The summed E-state index contributed by atoms with van der Waals surface area (Å²) in [7, 11) is 1.34. The number of aliphatic carboxylic acids is 1. The largest absolute Gasteiger partial charge is 0.481 e. The quantitative estimate of drug-likeness (QED) is 0.649. The molecular weight excluding hydrogens is 440 g/mol. The number of benzene rings is 1. The van der Waals surface area contributed by atoms with Gasteiger partial charge in [-0.1, -0.05) is 0 Å². The average Bonchev–Trinajstić information content (AvgIpc) is 3.23. The minimum atomic E-state index is -1.40. The van der Waals surface area contributed by atoms with Crippen LogP contribution in [0.3, 0.4) is 0 Å². The Kier molecular flexibility index (Phi) is 6.92. The van der Waals surface area contributed by atoms with Crippen molar-refractivity contribution < 1.29 is 37.7 Å². The molecule has 1 aromatic carbocycles. The summed E-state index contributed by atoms with van der Waals surface area (Å²) in [5, 5.41) is 10.2. The highest BCUT2D eigenvalue weighted by molar-refractivity contribution is 5.82. The third-order valence-corrected chi connectivity index (χ3v) is 5.40. The number of methoxy groups -OCH3 is 1. The lowest BCUT2D eigenvalue weighted by Crippen LogP contribution is -2.50. The molecule has 0 unspecified atom stereocenters. The van der Waals surface area contributed by atoms with Crippen LogP contribution in [0.15, 0.2) is 24.7 Å². The molecule has 11 heteroatoms. The van der Waals surface area contributed by atoms with Crippen molar-refractivity contribution in [1.82, 2.24) is 14.5 Å². The Bertz CT molecular complexity index is 1030. The van der Waals surface area contributed by atoms with E-state index in [9.17, 15) is 23.5 Å². The molecule has 0 bridgehead atoms. The van der Waals surface area contributed by atoms with Gasteiger partial charge in [-0.15, -0.1) is 0 Å². The number of hydrogen-bond acceptors (Lipinski definition) is 6. The number of carbonyl (C=O) groups excluding carboxylic acids is 1. The Morgan fingerprint density at radius 3 is 2.45 bits per heavy atom. The fourth-order valence-corrected chi connectivity index (χ4v) is 3.75. The van der Waals surface area contributed by atoms with E-state index in [4.69, 9.17) is 14.2 Å². The number of carbonyl (C=O) groups is 2. The van der Waals surface area contributed by atoms with Crippen molar-refractivity contribution in [2.24, 2.45) is 0 Å². The van der Waals surface area contributed by atoms with Gasteiger partial charge in [-0.2, -0.15) is 4.39 Å². The number of carboxylic acid groups (broad SMARTS) is 1. The Labute approximate surface area is 189 Å². The van der Waals surface area contributed by atoms with E-state index in [1.54, 1.807) is 20.8 Å². The second kappa shape index (κ2) is 9.34. The topological polar surface area (TPSA) is 103 Å². The van der Waals surface area contributed by atoms with Gasteiger partial charge in [0.25, 0.3) is 0 Å². The number of piperidine rings is 1. The summed E-state index contributed by atoms with van der Waals surface area (Å²) in [4.78, 5) is 30.4. The first-order valence-electron chi connectivity index (χ1n) is 10.3. The number of carboxylic acids is 1. The Morgan fingerprint density at radius 2 is 1.88 bits per heavy atom. The van der Waals surface area contributed by atoms with Crippen molar-refractivity contribution in [3.05, 3.63) is 42.0 Å². The van der Waals surface area contributed by atoms with E-state index in [1.165, 1.54) is 35.2 Å². The molecule has 0 radical (unpaired) electrons. The molecule has 1 fully saturated rings. The molecule has 1 aromatic heterocycles. The molecule has 2 heterocycles. The maximum absolute atomic E-state index is 14.3. The fourth-order valence-electron chi connectivity index (χ4n) is 3.75. The van der Waals surface area contributed by atoms with Gasteiger partial charge in [0.1, 0.15) is 11.0 Å². The number of likely N-dealkylation sites (tertiary alicyclic amines) is 1. The third kappa shape index (κ3) is 5.08. The monoisotopic (exact) mass is 467 g/mol. The number of halogens is 2. The van der Waals surface area contributed by atoms with E-state index in [0.29, 0.717) is 0 Å². The van der Waals surface area contributed by atoms with Gasteiger partial charge in [0.05, 0.1) is 17.7 Å². The lowest BCUT2D eigenvalue weighted by molar-refractivity contribution is -0.146. The van der Waals surface area contributed by atoms with E-state index < -0.39 is 34.7 Å². The Morgan fingerprint density at radius 1 is 1.21 bits per heavy atom. The van der Waals surface area contributed by atoms with Crippen LogP contribution in [0.1, 0.15) is 39.3 Å². The minimum Gasteiger partial charge on any atom is -0.481 e. The average molecular weight is 467 g/mol. The molecule has 1 amide bonds. The van der Waals surface area contributed by atoms with Gasteiger partial charge in [-0.25, -0.2) is 14.2 Å². The molecule has 33 heavy (non-hydrogen) atoms. The molecule has 0 saturated carbocycles. The van der Waals surface area contributed by atoms with Crippen LogP contribution in [0.4, 0.5) is 13.6 Å². The molecule has 1 N–H and O–H groups in total. The van der Waals surface area contributed by atoms with Crippen molar-refractivity contribution >= 4 is 12.1 Å². The molecule has 0 atom stereocenters. The predicted molar refractivity (Wildman–Crippen MR) is 112 cm³/mol. The summed E-state index contributed by atoms with van der Waals surface area (Å²) in [6, 6.07) is 2.18. The van der Waals surface area contributed by atoms with Gasteiger partial charge >= 0.3 is 12.1 Å². The van der Waals surface area contributed by atoms with Crippen LogP contribution >= 0.6 is 0 Å². The number of rotatable bonds is 6. The highest BCUT2D eigenvalue weighted by Crippen LogP contribution is 2.38. The molecular formula is C22H27F2N3O6. The van der Waals surface area contributed by atoms with Crippen molar-refractivity contribution in [3.8, 4) is 11.4 Å². The molecule has 1 aliphatic rings. The Hall–Kier alpha value is -3.21. The lowest BCUT2D eigenvalue weighted by Gasteiger charge is -2.39. The zero-order valence-electron chi connectivity index (χ0n) is 18.9. The minimum absolute atomic E-state index is 0.0873. The molecule has 2 aromatic rings. The highest BCUT2D eigenvalue weighted by atomic mass is 19.2. The first kappa shape index (κ1) is 24.4. The summed E-state index contributed by atoms with van der Waals surface area (Å²) < 4.78 is 45.0. The number of nitrogens with zero attached hydrogens (tertiary/aromatic N) is 3. The van der Waals surface area contributed by atoms with Gasteiger partial charge in [0, 0.05) is 38.5 Å². The first-order valence-corrected chi connectivity index (χ1v) is 10.3. The Balaban J connectivity index is 1.93. The molecule has 1 aliphatic heterocycles. The van der Waals surface area contributed by atoms with Crippen molar-refractivity contribution in [2.75, 3.05) is 27.0 Å². The standard InChI is InChI=1S/C22H27F2N3O6/c1-21(2,3)33-20(30)26-7-5-22(6-8-26,19(28)29)17-11-25-12-27(17)14-9-15(23)18(24)16(10-14)32-13-31-4/h9-12H,5-8,13H2,1-4H3,(H,28,29). The van der Waals surface area contributed by atoms with Crippen molar-refractivity contribution in [1.29, 1.82) is 0 Å². The van der Waals surface area contributed by atoms with Crippen LogP contribution in [0.25, 0.3) is 5.69 Å². The lowest BCUT2D eigenvalue weighted by atomic mass is 9.75. The van der Waals surface area contributed by atoms with E-state index in [0.717, 1.165) is 6.07 Å². The molecule has 0 spiro atoms. The van der Waals surface area contributed by atoms with Crippen molar-refractivity contribution in [3.63, 3.8) is 0 Å². The van der Waals surface area contributed by atoms with Gasteiger partial charge < -0.3 is 28.8 Å². The van der Waals surface area contributed by atoms with E-state index in [1.807, 2.05) is 0 Å². The number of aromatic nitrogens is 2. The molecule has 0 aliphatic carbocycles. The third-order valence-electron chi connectivity index (χ3n) is 5.40. The van der Waals surface area contributed by atoms with Crippen LogP contribution in [-0.4, -0.2) is 64.2 Å². The second-order valence-electron chi connectivity index (χ2n) is 8.79. The molecule has 9 nitrogen and oxygen atoms in total. The molecule has 3 rings (SSSR count). The van der Waals surface area contributed by atoms with Gasteiger partial charge in [0.2, 0.25) is 5.82 Å². The van der Waals surface area contributed by atoms with Crippen LogP contribution in [0.2, 0.25) is 0 Å². The van der Waals surface area contributed by atoms with Crippen LogP contribution < -0.4 is 4.74 Å². The predicted octanol–water partition coefficient (Wildman–Crippen LogP) is 3.49. The summed E-state index contributed by atoms with van der Waals surface area (Å²) in [6.45, 7) is 5.25. The smallest absolute Gasteiger partial charge is 0.410 e. The fraction of sp³-hybridized carbons (Fsp3) is 0.500. The van der Waals surface area contributed by atoms with Crippen molar-refractivity contribution in [2.45, 2.75) is 44.6 Å². The van der Waals surface area contributed by atoms with Gasteiger partial charge in [0.15, 0.2) is 18.4 Å². The van der Waals surface area contributed by atoms with Crippen LogP contribution in [0.5, 0.6) is 5.75 Å². The summed E-state index contributed by atoms with van der Waals surface area (Å²) in [6.07, 6.45) is 2.37. The SMILES string of the molecule is COCOc1cc(-n2cncc2C2(C(=O)O)CCN(C(=O)OC(C)(C)C)CC2)cc(F)c1F. The molecule has 1 saturated heterocycles. The summed E-state index contributed by atoms with van der Waals surface area (Å²) in [5.74, 6) is -3.83. The molecule has 180 valence electrons. The summed E-state index contributed by atoms with van der Waals surface area (Å²) in [5.41, 5.74) is -1.65.